The zero-order valence-corrected chi connectivity index (χ0v) is 14.4. The average Bonchev–Trinajstić information content (AvgIpc) is 3.12. The number of carbonyl (C=O) groups excluding carboxylic acids is 1. The summed E-state index contributed by atoms with van der Waals surface area (Å²) in [6, 6.07) is 4.10. The van der Waals surface area contributed by atoms with Gasteiger partial charge in [0.1, 0.15) is 5.82 Å². The summed E-state index contributed by atoms with van der Waals surface area (Å²) in [5.74, 6) is 2.06. The molecule has 0 spiro atoms. The van der Waals surface area contributed by atoms with Gasteiger partial charge in [-0.2, -0.15) is 0 Å². The second-order valence-electron chi connectivity index (χ2n) is 6.16. The Morgan fingerprint density at radius 3 is 3.13 bits per heavy atom. The summed E-state index contributed by atoms with van der Waals surface area (Å²) in [6.45, 7) is 2.97. The molecule has 5 nitrogen and oxygen atoms in total. The quantitative estimate of drug-likeness (QED) is 0.883. The molecule has 2 aromatic rings. The molecule has 1 aliphatic rings. The zero-order valence-electron chi connectivity index (χ0n) is 13.6. The first-order valence-corrected chi connectivity index (χ1v) is 9.35. The predicted molar refractivity (Wildman–Crippen MR) is 91.4 cm³/mol. The van der Waals surface area contributed by atoms with Crippen molar-refractivity contribution in [2.75, 3.05) is 0 Å². The SMILES string of the molecule is C[C@H](NC(=O)CCCc1cccs1)c1nnc2n1CCCCC2. The third-order valence-corrected chi connectivity index (χ3v) is 5.25. The van der Waals surface area contributed by atoms with Crippen LogP contribution in [0.2, 0.25) is 0 Å². The van der Waals surface area contributed by atoms with E-state index < -0.39 is 0 Å². The van der Waals surface area contributed by atoms with Crippen molar-refractivity contribution in [1.82, 2.24) is 20.1 Å². The molecule has 3 heterocycles. The minimum atomic E-state index is -0.0800. The smallest absolute Gasteiger partial charge is 0.220 e. The Morgan fingerprint density at radius 2 is 2.30 bits per heavy atom. The lowest BCUT2D eigenvalue weighted by Crippen LogP contribution is -2.28. The Kier molecular flexibility index (Phi) is 5.43. The number of hydrogen-bond donors (Lipinski definition) is 1. The van der Waals surface area contributed by atoms with E-state index in [-0.39, 0.29) is 11.9 Å². The third kappa shape index (κ3) is 4.19. The summed E-state index contributed by atoms with van der Waals surface area (Å²) >= 11 is 1.75. The fourth-order valence-corrected chi connectivity index (χ4v) is 3.84. The van der Waals surface area contributed by atoms with E-state index in [0.717, 1.165) is 37.5 Å². The lowest BCUT2D eigenvalue weighted by molar-refractivity contribution is -0.121. The van der Waals surface area contributed by atoms with E-state index >= 15 is 0 Å². The van der Waals surface area contributed by atoms with Gasteiger partial charge < -0.3 is 9.88 Å². The molecule has 0 radical (unpaired) electrons. The normalized spacial score (nSPS) is 15.7. The second-order valence-corrected chi connectivity index (χ2v) is 7.19. The Morgan fingerprint density at radius 1 is 1.39 bits per heavy atom. The molecule has 0 unspecified atom stereocenters. The summed E-state index contributed by atoms with van der Waals surface area (Å²) in [4.78, 5) is 13.5. The number of nitrogens with zero attached hydrogens (tertiary/aromatic N) is 3. The van der Waals surface area contributed by atoms with Crippen LogP contribution in [0.5, 0.6) is 0 Å². The van der Waals surface area contributed by atoms with Crippen LogP contribution in [0.4, 0.5) is 0 Å². The number of fused-ring (bicyclic) bond motifs is 1. The molecular formula is C17H24N4OS. The van der Waals surface area contributed by atoms with Crippen molar-refractivity contribution >= 4 is 17.2 Å². The monoisotopic (exact) mass is 332 g/mol. The molecular weight excluding hydrogens is 308 g/mol. The van der Waals surface area contributed by atoms with Gasteiger partial charge in [-0.15, -0.1) is 21.5 Å². The van der Waals surface area contributed by atoms with Gasteiger partial charge in [0.25, 0.3) is 0 Å². The molecule has 124 valence electrons. The number of rotatable bonds is 6. The van der Waals surface area contributed by atoms with E-state index in [0.29, 0.717) is 6.42 Å². The van der Waals surface area contributed by atoms with Crippen molar-refractivity contribution in [3.63, 3.8) is 0 Å². The lowest BCUT2D eigenvalue weighted by atomic mass is 10.2. The third-order valence-electron chi connectivity index (χ3n) is 4.31. The molecule has 1 N–H and O–H groups in total. The highest BCUT2D eigenvalue weighted by molar-refractivity contribution is 7.09. The largest absolute Gasteiger partial charge is 0.346 e. The van der Waals surface area contributed by atoms with Crippen LogP contribution in [-0.4, -0.2) is 20.7 Å². The maximum Gasteiger partial charge on any atom is 0.220 e. The highest BCUT2D eigenvalue weighted by Crippen LogP contribution is 2.19. The zero-order chi connectivity index (χ0) is 16.1. The van der Waals surface area contributed by atoms with Gasteiger partial charge >= 0.3 is 0 Å². The topological polar surface area (TPSA) is 59.8 Å². The van der Waals surface area contributed by atoms with Crippen LogP contribution in [-0.2, 0) is 24.2 Å². The summed E-state index contributed by atoms with van der Waals surface area (Å²) in [7, 11) is 0. The van der Waals surface area contributed by atoms with Gasteiger partial charge in [-0.25, -0.2) is 0 Å². The maximum atomic E-state index is 12.1. The lowest BCUT2D eigenvalue weighted by Gasteiger charge is -2.15. The Balaban J connectivity index is 1.51. The maximum absolute atomic E-state index is 12.1. The van der Waals surface area contributed by atoms with Crippen LogP contribution in [0.3, 0.4) is 0 Å². The van der Waals surface area contributed by atoms with Crippen LogP contribution >= 0.6 is 11.3 Å². The number of hydrogen-bond acceptors (Lipinski definition) is 4. The summed E-state index contributed by atoms with van der Waals surface area (Å²) < 4.78 is 2.20. The first-order valence-electron chi connectivity index (χ1n) is 8.48. The molecule has 3 rings (SSSR count). The molecule has 0 aromatic carbocycles. The van der Waals surface area contributed by atoms with Gasteiger partial charge in [0.2, 0.25) is 5.91 Å². The van der Waals surface area contributed by atoms with Gasteiger partial charge in [-0.1, -0.05) is 12.5 Å². The van der Waals surface area contributed by atoms with E-state index in [1.807, 2.05) is 6.92 Å². The molecule has 2 aromatic heterocycles. The molecule has 23 heavy (non-hydrogen) atoms. The first-order chi connectivity index (χ1) is 11.2. The summed E-state index contributed by atoms with van der Waals surface area (Å²) in [5, 5.41) is 13.8. The van der Waals surface area contributed by atoms with Gasteiger partial charge in [0.15, 0.2) is 5.82 Å². The first kappa shape index (κ1) is 16.2. The van der Waals surface area contributed by atoms with Crippen LogP contribution in [0.15, 0.2) is 17.5 Å². The van der Waals surface area contributed by atoms with Crippen molar-refractivity contribution in [2.45, 2.75) is 64.5 Å². The van der Waals surface area contributed by atoms with Crippen LogP contribution in [0, 0.1) is 0 Å². The second kappa shape index (κ2) is 7.73. The highest BCUT2D eigenvalue weighted by Gasteiger charge is 2.20. The Bertz CT molecular complexity index is 635. The van der Waals surface area contributed by atoms with Gasteiger partial charge in [-0.05, 0) is 44.1 Å². The fourth-order valence-electron chi connectivity index (χ4n) is 3.08. The van der Waals surface area contributed by atoms with Crippen molar-refractivity contribution in [1.29, 1.82) is 0 Å². The average molecular weight is 332 g/mol. The van der Waals surface area contributed by atoms with E-state index in [9.17, 15) is 4.79 Å². The molecule has 6 heteroatoms. The molecule has 1 aliphatic heterocycles. The van der Waals surface area contributed by atoms with Gasteiger partial charge in [0, 0.05) is 24.3 Å². The predicted octanol–water partition coefficient (Wildman–Crippen LogP) is 3.27. The van der Waals surface area contributed by atoms with E-state index in [2.05, 4.69) is 37.6 Å². The number of aryl methyl sites for hydroxylation is 2. The Hall–Kier alpha value is -1.69. The minimum absolute atomic E-state index is 0.0800. The van der Waals surface area contributed by atoms with Crippen LogP contribution in [0.25, 0.3) is 0 Å². The number of amides is 1. The molecule has 1 atom stereocenters. The molecule has 0 saturated carbocycles. The van der Waals surface area contributed by atoms with E-state index in [1.165, 1.54) is 24.1 Å². The number of thiophene rings is 1. The van der Waals surface area contributed by atoms with Crippen molar-refractivity contribution in [3.05, 3.63) is 34.0 Å². The molecule has 0 fully saturated rings. The van der Waals surface area contributed by atoms with Crippen LogP contribution in [0.1, 0.15) is 61.6 Å². The standard InChI is InChI=1S/C17H24N4OS/c1-13(17-20-19-15-9-3-2-4-11-21(15)17)18-16(22)10-5-7-14-8-6-12-23-14/h6,8,12-13H,2-5,7,9-11H2,1H3,(H,18,22)/t13-/m0/s1. The highest BCUT2D eigenvalue weighted by atomic mass is 32.1. The minimum Gasteiger partial charge on any atom is -0.346 e. The van der Waals surface area contributed by atoms with Crippen LogP contribution < -0.4 is 5.32 Å². The molecule has 1 amide bonds. The number of aromatic nitrogens is 3. The molecule has 0 bridgehead atoms. The van der Waals surface area contributed by atoms with E-state index in [4.69, 9.17) is 0 Å². The molecule has 0 saturated heterocycles. The van der Waals surface area contributed by atoms with Gasteiger partial charge in [-0.3, -0.25) is 4.79 Å². The summed E-state index contributed by atoms with van der Waals surface area (Å²) in [5.41, 5.74) is 0. The van der Waals surface area contributed by atoms with Crippen molar-refractivity contribution in [2.24, 2.45) is 0 Å². The van der Waals surface area contributed by atoms with Crippen molar-refractivity contribution in [3.8, 4) is 0 Å². The Labute approximate surface area is 141 Å². The number of nitrogens with one attached hydrogen (secondary N) is 1. The molecule has 0 aliphatic carbocycles. The van der Waals surface area contributed by atoms with Gasteiger partial charge in [0.05, 0.1) is 6.04 Å². The fraction of sp³-hybridized carbons (Fsp3) is 0.588. The van der Waals surface area contributed by atoms with E-state index in [1.54, 1.807) is 11.3 Å². The van der Waals surface area contributed by atoms with Crippen molar-refractivity contribution < 1.29 is 4.79 Å². The number of carbonyl (C=O) groups is 1. The summed E-state index contributed by atoms with van der Waals surface area (Å²) in [6.07, 6.45) is 7.00.